The van der Waals surface area contributed by atoms with Crippen molar-refractivity contribution >= 4 is 29.1 Å². The minimum Gasteiger partial charge on any atom is -0.479 e. The summed E-state index contributed by atoms with van der Waals surface area (Å²) in [6.07, 6.45) is 1.89. The van der Waals surface area contributed by atoms with Crippen LogP contribution in [0, 0.1) is 11.8 Å². The second-order valence-corrected chi connectivity index (χ2v) is 11.1. The topological polar surface area (TPSA) is 99.6 Å². The van der Waals surface area contributed by atoms with E-state index in [0.717, 1.165) is 5.56 Å². The van der Waals surface area contributed by atoms with E-state index < -0.39 is 29.4 Å². The van der Waals surface area contributed by atoms with E-state index in [1.807, 2.05) is 26.0 Å². The van der Waals surface area contributed by atoms with Crippen LogP contribution in [-0.4, -0.2) is 45.4 Å². The second-order valence-electron chi connectivity index (χ2n) is 10.2. The van der Waals surface area contributed by atoms with Crippen molar-refractivity contribution in [3.05, 3.63) is 52.0 Å². The Kier molecular flexibility index (Phi) is 6.98. The first kappa shape index (κ1) is 24.9. The number of likely N-dealkylation sites (tertiary alicyclic amines) is 1. The minimum atomic E-state index is -1.51. The fraction of sp³-hybridized carbons (Fsp3) is 0.520. The van der Waals surface area contributed by atoms with Crippen molar-refractivity contribution in [3.8, 4) is 0 Å². The number of amides is 2. The Morgan fingerprint density at radius 3 is 2.33 bits per heavy atom. The van der Waals surface area contributed by atoms with E-state index >= 15 is 0 Å². The SMILES string of the molecule is CNC(=O)[C@H]1C[C@@](CC(C)C)(C(=O)O)N(C(=O)c2ccc(C(C)(C)C)cc2)[C@H]1c1nccs1. The molecule has 0 bridgehead atoms. The molecule has 1 fully saturated rings. The fourth-order valence-corrected chi connectivity index (χ4v) is 5.60. The van der Waals surface area contributed by atoms with E-state index in [2.05, 4.69) is 31.1 Å². The Balaban J connectivity index is 2.18. The van der Waals surface area contributed by atoms with Crippen LogP contribution in [0.15, 0.2) is 35.8 Å². The Morgan fingerprint density at radius 1 is 1.24 bits per heavy atom. The normalized spacial score (nSPS) is 23.1. The molecule has 1 saturated heterocycles. The lowest BCUT2D eigenvalue weighted by Crippen LogP contribution is -2.54. The van der Waals surface area contributed by atoms with Crippen molar-refractivity contribution in [1.29, 1.82) is 0 Å². The van der Waals surface area contributed by atoms with Crippen LogP contribution in [0.1, 0.15) is 74.4 Å². The van der Waals surface area contributed by atoms with Gasteiger partial charge in [0.15, 0.2) is 0 Å². The van der Waals surface area contributed by atoms with Gasteiger partial charge in [0.1, 0.15) is 10.5 Å². The molecule has 1 aliphatic rings. The highest BCUT2D eigenvalue weighted by molar-refractivity contribution is 7.09. The van der Waals surface area contributed by atoms with Gasteiger partial charge in [-0.3, -0.25) is 9.59 Å². The minimum absolute atomic E-state index is 0.0000456. The molecule has 3 atom stereocenters. The molecular formula is C25H33N3O4S. The molecule has 8 heteroatoms. The lowest BCUT2D eigenvalue weighted by molar-refractivity contribution is -0.150. The van der Waals surface area contributed by atoms with Crippen LogP contribution >= 0.6 is 11.3 Å². The number of aromatic nitrogens is 1. The van der Waals surface area contributed by atoms with Crippen LogP contribution in [0.3, 0.4) is 0 Å². The summed E-state index contributed by atoms with van der Waals surface area (Å²) in [7, 11) is 1.53. The predicted molar refractivity (Wildman–Crippen MR) is 128 cm³/mol. The number of carboxylic acids is 1. The Bertz CT molecular complexity index is 1010. The van der Waals surface area contributed by atoms with Gasteiger partial charge in [-0.05, 0) is 41.9 Å². The number of nitrogens with one attached hydrogen (secondary N) is 1. The van der Waals surface area contributed by atoms with Crippen LogP contribution in [0.25, 0.3) is 0 Å². The van der Waals surface area contributed by atoms with Gasteiger partial charge in [0, 0.05) is 24.2 Å². The Hall–Kier alpha value is -2.74. The molecule has 0 aliphatic carbocycles. The summed E-state index contributed by atoms with van der Waals surface area (Å²) in [6, 6.07) is 6.55. The van der Waals surface area contributed by atoms with Gasteiger partial charge in [0.25, 0.3) is 5.91 Å². The molecule has 1 aromatic heterocycles. The van der Waals surface area contributed by atoms with E-state index in [1.165, 1.54) is 23.3 Å². The number of aliphatic carboxylic acids is 1. The second kappa shape index (κ2) is 9.25. The number of rotatable bonds is 6. The molecule has 0 spiro atoms. The van der Waals surface area contributed by atoms with E-state index in [1.54, 1.807) is 23.7 Å². The molecule has 7 nitrogen and oxygen atoms in total. The van der Waals surface area contributed by atoms with Gasteiger partial charge >= 0.3 is 5.97 Å². The number of nitrogens with zero attached hydrogens (tertiary/aromatic N) is 2. The van der Waals surface area contributed by atoms with Gasteiger partial charge in [-0.25, -0.2) is 9.78 Å². The highest BCUT2D eigenvalue weighted by Gasteiger charge is 2.61. The van der Waals surface area contributed by atoms with E-state index in [-0.39, 0.29) is 30.1 Å². The lowest BCUT2D eigenvalue weighted by atomic mass is 9.83. The van der Waals surface area contributed by atoms with Crippen LogP contribution in [0.4, 0.5) is 0 Å². The molecule has 1 aromatic carbocycles. The average Bonchev–Trinajstić information content (AvgIpc) is 3.38. The average molecular weight is 472 g/mol. The van der Waals surface area contributed by atoms with Gasteiger partial charge < -0.3 is 15.3 Å². The number of hydrogen-bond acceptors (Lipinski definition) is 5. The van der Waals surface area contributed by atoms with Crippen molar-refractivity contribution in [1.82, 2.24) is 15.2 Å². The van der Waals surface area contributed by atoms with E-state index in [9.17, 15) is 19.5 Å². The predicted octanol–water partition coefficient (Wildman–Crippen LogP) is 4.26. The fourth-order valence-electron chi connectivity index (χ4n) is 4.81. The molecule has 1 aliphatic heterocycles. The van der Waals surface area contributed by atoms with Crippen LogP contribution in [-0.2, 0) is 15.0 Å². The summed E-state index contributed by atoms with van der Waals surface area (Å²) in [5, 5.41) is 15.5. The third-order valence-corrected chi connectivity index (χ3v) is 7.17. The first-order chi connectivity index (χ1) is 15.4. The number of carboxylic acid groups (broad SMARTS) is 1. The monoisotopic (exact) mass is 471 g/mol. The molecular weight excluding hydrogens is 438 g/mol. The molecule has 178 valence electrons. The molecule has 2 amide bonds. The highest BCUT2D eigenvalue weighted by atomic mass is 32.1. The first-order valence-electron chi connectivity index (χ1n) is 11.2. The van der Waals surface area contributed by atoms with Crippen molar-refractivity contribution < 1.29 is 19.5 Å². The van der Waals surface area contributed by atoms with E-state index in [0.29, 0.717) is 10.6 Å². The molecule has 0 unspecified atom stereocenters. The number of hydrogen-bond donors (Lipinski definition) is 2. The first-order valence-corrected chi connectivity index (χ1v) is 12.1. The van der Waals surface area contributed by atoms with Gasteiger partial charge in [-0.2, -0.15) is 0 Å². The molecule has 2 aromatic rings. The number of benzene rings is 1. The summed E-state index contributed by atoms with van der Waals surface area (Å²) >= 11 is 1.33. The third-order valence-electron chi connectivity index (χ3n) is 6.33. The quantitative estimate of drug-likeness (QED) is 0.656. The highest BCUT2D eigenvalue weighted by Crippen LogP contribution is 2.51. The van der Waals surface area contributed by atoms with Crippen LogP contribution < -0.4 is 5.32 Å². The van der Waals surface area contributed by atoms with E-state index in [4.69, 9.17) is 0 Å². The zero-order valence-corrected chi connectivity index (χ0v) is 20.9. The Labute approximate surface area is 199 Å². The van der Waals surface area contributed by atoms with Gasteiger partial charge in [-0.15, -0.1) is 11.3 Å². The van der Waals surface area contributed by atoms with Crippen molar-refractivity contribution in [3.63, 3.8) is 0 Å². The largest absolute Gasteiger partial charge is 0.479 e. The van der Waals surface area contributed by atoms with Crippen molar-refractivity contribution in [2.45, 2.75) is 64.5 Å². The summed E-state index contributed by atoms with van der Waals surface area (Å²) in [5.41, 5.74) is -0.115. The number of carbonyl (C=O) groups is 3. The maximum atomic E-state index is 14.0. The molecule has 33 heavy (non-hydrogen) atoms. The van der Waals surface area contributed by atoms with Gasteiger partial charge in [-0.1, -0.05) is 46.8 Å². The van der Waals surface area contributed by atoms with Gasteiger partial charge in [0.2, 0.25) is 5.91 Å². The Morgan fingerprint density at radius 2 is 1.88 bits per heavy atom. The summed E-state index contributed by atoms with van der Waals surface area (Å²) in [4.78, 5) is 45.5. The summed E-state index contributed by atoms with van der Waals surface area (Å²) < 4.78 is 0. The molecule has 0 saturated carbocycles. The number of carbonyl (C=O) groups excluding carboxylic acids is 2. The van der Waals surface area contributed by atoms with Crippen LogP contribution in [0.5, 0.6) is 0 Å². The third kappa shape index (κ3) is 4.67. The zero-order valence-electron chi connectivity index (χ0n) is 20.1. The maximum Gasteiger partial charge on any atom is 0.329 e. The molecule has 2 heterocycles. The standard InChI is InChI=1S/C25H33N3O4S/c1-15(2)13-25(23(31)32)14-18(20(29)26-6)19(21-27-11-12-33-21)28(25)22(30)16-7-9-17(10-8-16)24(3,4)5/h7-12,15,18-19H,13-14H2,1-6H3,(H,26,29)(H,31,32)/t18-,19+,25-/m0/s1. The smallest absolute Gasteiger partial charge is 0.329 e. The maximum absolute atomic E-state index is 14.0. The van der Waals surface area contributed by atoms with Crippen molar-refractivity contribution in [2.75, 3.05) is 7.05 Å². The van der Waals surface area contributed by atoms with Crippen molar-refractivity contribution in [2.24, 2.45) is 11.8 Å². The zero-order chi connectivity index (χ0) is 24.6. The van der Waals surface area contributed by atoms with Gasteiger partial charge in [0.05, 0.1) is 12.0 Å². The molecule has 3 rings (SSSR count). The summed E-state index contributed by atoms with van der Waals surface area (Å²) in [5.74, 6) is -2.49. The van der Waals surface area contributed by atoms with Crippen LogP contribution in [0.2, 0.25) is 0 Å². The molecule has 2 N–H and O–H groups in total. The summed E-state index contributed by atoms with van der Waals surface area (Å²) in [6.45, 7) is 10.1. The molecule has 0 radical (unpaired) electrons. The lowest BCUT2D eigenvalue weighted by Gasteiger charge is -2.38. The number of thiazole rings is 1.